The van der Waals surface area contributed by atoms with E-state index in [0.717, 1.165) is 12.2 Å². The summed E-state index contributed by atoms with van der Waals surface area (Å²) in [5, 5.41) is 13.1. The lowest BCUT2D eigenvalue weighted by atomic mass is 9.85. The van der Waals surface area contributed by atoms with Crippen LogP contribution in [0, 0.1) is 11.8 Å². The highest BCUT2D eigenvalue weighted by Crippen LogP contribution is 2.41. The summed E-state index contributed by atoms with van der Waals surface area (Å²) < 4.78 is 0. The minimum Gasteiger partial charge on any atom is -0.378 e. The molecule has 2 aliphatic heterocycles. The van der Waals surface area contributed by atoms with Crippen molar-refractivity contribution >= 4 is 28.9 Å². The second-order valence-corrected chi connectivity index (χ2v) is 6.90. The number of carbonyl (C=O) groups is 1. The fourth-order valence-electron chi connectivity index (χ4n) is 3.51. The third kappa shape index (κ3) is 2.40. The summed E-state index contributed by atoms with van der Waals surface area (Å²) in [6, 6.07) is 4.01. The van der Waals surface area contributed by atoms with Gasteiger partial charge in [-0.2, -0.15) is 0 Å². The van der Waals surface area contributed by atoms with Gasteiger partial charge in [-0.25, -0.2) is 0 Å². The van der Waals surface area contributed by atoms with Gasteiger partial charge in [0.25, 0.3) is 5.91 Å². The smallest absolute Gasteiger partial charge is 0.257 e. The van der Waals surface area contributed by atoms with Crippen LogP contribution < -0.4 is 10.2 Å². The molecule has 1 amide bonds. The van der Waals surface area contributed by atoms with Gasteiger partial charge in [0.15, 0.2) is 6.10 Å². The molecule has 0 aromatic heterocycles. The zero-order valence-corrected chi connectivity index (χ0v) is 13.3. The van der Waals surface area contributed by atoms with Crippen LogP contribution in [0.5, 0.6) is 0 Å². The number of piperidine rings is 1. The highest BCUT2D eigenvalue weighted by Gasteiger charge is 2.33. The molecule has 1 saturated heterocycles. The van der Waals surface area contributed by atoms with Crippen molar-refractivity contribution in [3.05, 3.63) is 22.7 Å². The monoisotopic (exact) mass is 308 g/mol. The van der Waals surface area contributed by atoms with Crippen LogP contribution in [0.4, 0.5) is 11.4 Å². The first-order valence-corrected chi connectivity index (χ1v) is 7.85. The van der Waals surface area contributed by atoms with Gasteiger partial charge in [-0.15, -0.1) is 0 Å². The Balaban J connectivity index is 2.00. The lowest BCUT2D eigenvalue weighted by Gasteiger charge is -2.43. The molecule has 1 aromatic carbocycles. The number of nitrogens with zero attached hydrogens (tertiary/aromatic N) is 1. The third-order valence-electron chi connectivity index (χ3n) is 4.83. The zero-order chi connectivity index (χ0) is 15.3. The van der Waals surface area contributed by atoms with Crippen molar-refractivity contribution < 1.29 is 9.90 Å². The Labute approximate surface area is 130 Å². The van der Waals surface area contributed by atoms with Crippen LogP contribution >= 0.6 is 11.6 Å². The van der Waals surface area contributed by atoms with E-state index >= 15 is 0 Å². The molecule has 0 bridgehead atoms. The van der Waals surface area contributed by atoms with Crippen molar-refractivity contribution in [1.29, 1.82) is 0 Å². The van der Waals surface area contributed by atoms with Crippen molar-refractivity contribution in [3.63, 3.8) is 0 Å². The lowest BCUT2D eigenvalue weighted by Crippen LogP contribution is -2.46. The van der Waals surface area contributed by atoms with Crippen LogP contribution in [0.3, 0.4) is 0 Å². The average Bonchev–Trinajstić information content (AvgIpc) is 2.69. The average molecular weight is 309 g/mol. The first-order chi connectivity index (χ1) is 9.88. The fourth-order valence-corrected chi connectivity index (χ4v) is 3.79. The lowest BCUT2D eigenvalue weighted by molar-refractivity contribution is -0.123. The molecule has 2 heterocycles. The van der Waals surface area contributed by atoms with Crippen LogP contribution in [-0.2, 0) is 4.79 Å². The van der Waals surface area contributed by atoms with Gasteiger partial charge >= 0.3 is 0 Å². The second kappa shape index (κ2) is 5.18. The largest absolute Gasteiger partial charge is 0.378 e. The van der Waals surface area contributed by atoms with Gasteiger partial charge < -0.3 is 15.3 Å². The van der Waals surface area contributed by atoms with E-state index in [4.69, 9.17) is 11.6 Å². The minimum absolute atomic E-state index is 0.383. The number of carbonyl (C=O) groups excluding carboxylic acids is 1. The first-order valence-electron chi connectivity index (χ1n) is 7.47. The number of nitrogens with one attached hydrogen (secondary N) is 1. The molecule has 4 atom stereocenters. The summed E-state index contributed by atoms with van der Waals surface area (Å²) >= 11 is 6.42. The first kappa shape index (κ1) is 14.7. The van der Waals surface area contributed by atoms with E-state index in [1.54, 1.807) is 6.07 Å². The SMILES string of the molecule is CC1CC(C)C(C)N(c2cc3c(cc2Cl)C(O)C(=O)N3)C1. The van der Waals surface area contributed by atoms with E-state index in [9.17, 15) is 9.90 Å². The molecule has 3 rings (SSSR count). The van der Waals surface area contributed by atoms with E-state index in [1.165, 1.54) is 6.42 Å². The summed E-state index contributed by atoms with van der Waals surface area (Å²) in [7, 11) is 0. The van der Waals surface area contributed by atoms with Gasteiger partial charge in [-0.1, -0.05) is 25.4 Å². The Morgan fingerprint density at radius 1 is 1.33 bits per heavy atom. The van der Waals surface area contributed by atoms with Crippen LogP contribution in [0.1, 0.15) is 38.9 Å². The molecule has 114 valence electrons. The minimum atomic E-state index is -1.11. The number of aliphatic hydroxyl groups excluding tert-OH is 1. The number of anilines is 2. The molecule has 4 nitrogen and oxygen atoms in total. The van der Waals surface area contributed by atoms with E-state index < -0.39 is 6.10 Å². The normalized spacial score (nSPS) is 32.0. The van der Waals surface area contributed by atoms with Crippen molar-refractivity contribution in [3.8, 4) is 0 Å². The Morgan fingerprint density at radius 3 is 2.76 bits per heavy atom. The molecule has 0 spiro atoms. The molecule has 1 fully saturated rings. The number of amides is 1. The zero-order valence-electron chi connectivity index (χ0n) is 12.6. The van der Waals surface area contributed by atoms with Gasteiger partial charge in [0, 0.05) is 23.8 Å². The van der Waals surface area contributed by atoms with Crippen LogP contribution in [0.15, 0.2) is 12.1 Å². The number of halogens is 1. The number of hydrogen-bond acceptors (Lipinski definition) is 3. The molecule has 5 heteroatoms. The predicted molar refractivity (Wildman–Crippen MR) is 84.8 cm³/mol. The maximum atomic E-state index is 11.6. The Morgan fingerprint density at radius 2 is 2.05 bits per heavy atom. The van der Waals surface area contributed by atoms with Gasteiger partial charge in [0.1, 0.15) is 0 Å². The third-order valence-corrected chi connectivity index (χ3v) is 5.13. The Bertz CT molecular complexity index is 590. The van der Waals surface area contributed by atoms with Crippen molar-refractivity contribution in [1.82, 2.24) is 0 Å². The predicted octanol–water partition coefficient (Wildman–Crippen LogP) is 3.20. The van der Waals surface area contributed by atoms with Crippen LogP contribution in [0.25, 0.3) is 0 Å². The quantitative estimate of drug-likeness (QED) is 0.837. The molecule has 0 saturated carbocycles. The topological polar surface area (TPSA) is 52.6 Å². The summed E-state index contributed by atoms with van der Waals surface area (Å²) in [6.07, 6.45) is 0.110. The Hall–Kier alpha value is -1.26. The molecule has 21 heavy (non-hydrogen) atoms. The van der Waals surface area contributed by atoms with E-state index in [2.05, 4.69) is 31.0 Å². The van der Waals surface area contributed by atoms with Gasteiger partial charge in [0.05, 0.1) is 10.7 Å². The fraction of sp³-hybridized carbons (Fsp3) is 0.562. The number of aliphatic hydroxyl groups is 1. The molecular formula is C16H21ClN2O2. The molecule has 2 aliphatic rings. The van der Waals surface area contributed by atoms with Crippen molar-refractivity contribution in [2.24, 2.45) is 11.8 Å². The van der Waals surface area contributed by atoms with Crippen LogP contribution in [0.2, 0.25) is 5.02 Å². The van der Waals surface area contributed by atoms with Crippen molar-refractivity contribution in [2.75, 3.05) is 16.8 Å². The molecule has 0 radical (unpaired) electrons. The Kier molecular flexibility index (Phi) is 3.62. The summed E-state index contributed by atoms with van der Waals surface area (Å²) in [5.41, 5.74) is 2.18. The van der Waals surface area contributed by atoms with Gasteiger partial charge in [-0.3, -0.25) is 4.79 Å². The van der Waals surface area contributed by atoms with Gasteiger partial charge in [0.2, 0.25) is 0 Å². The molecular weight excluding hydrogens is 288 g/mol. The maximum absolute atomic E-state index is 11.6. The number of fused-ring (bicyclic) bond motifs is 1. The highest BCUT2D eigenvalue weighted by molar-refractivity contribution is 6.33. The van der Waals surface area contributed by atoms with E-state index in [0.29, 0.717) is 34.2 Å². The summed E-state index contributed by atoms with van der Waals surface area (Å²) in [5.74, 6) is 0.825. The summed E-state index contributed by atoms with van der Waals surface area (Å²) in [4.78, 5) is 13.9. The second-order valence-electron chi connectivity index (χ2n) is 6.49. The molecule has 1 aromatic rings. The highest BCUT2D eigenvalue weighted by atomic mass is 35.5. The standard InChI is InChI=1S/C16H21ClN2O2/c1-8-4-9(2)10(3)19(7-8)14-6-13-11(5-12(14)17)15(20)16(21)18-13/h5-6,8-10,15,20H,4,7H2,1-3H3,(H,18,21). The molecule has 2 N–H and O–H groups in total. The molecule has 4 unspecified atom stereocenters. The summed E-state index contributed by atoms with van der Waals surface area (Å²) in [6.45, 7) is 7.69. The maximum Gasteiger partial charge on any atom is 0.257 e. The van der Waals surface area contributed by atoms with E-state index in [1.807, 2.05) is 6.07 Å². The van der Waals surface area contributed by atoms with Crippen molar-refractivity contribution in [2.45, 2.75) is 39.3 Å². The van der Waals surface area contributed by atoms with Gasteiger partial charge in [-0.05, 0) is 37.3 Å². The number of hydrogen-bond donors (Lipinski definition) is 2. The molecule has 0 aliphatic carbocycles. The number of rotatable bonds is 1. The number of benzene rings is 1. The van der Waals surface area contributed by atoms with Crippen LogP contribution in [-0.4, -0.2) is 23.6 Å². The van der Waals surface area contributed by atoms with E-state index in [-0.39, 0.29) is 5.91 Å².